The van der Waals surface area contributed by atoms with Gasteiger partial charge in [0.15, 0.2) is 5.13 Å². The monoisotopic (exact) mass is 345 g/mol. The van der Waals surface area contributed by atoms with E-state index in [1.165, 1.54) is 42.8 Å². The summed E-state index contributed by atoms with van der Waals surface area (Å²) >= 11 is 1.30. The van der Waals surface area contributed by atoms with Crippen molar-refractivity contribution in [1.29, 1.82) is 0 Å². The number of carbonyl (C=O) groups excluding carboxylic acids is 2. The lowest BCUT2D eigenvalue weighted by Gasteiger charge is -2.19. The molecule has 0 unspecified atom stereocenters. The molecule has 8 heteroatoms. The van der Waals surface area contributed by atoms with E-state index in [4.69, 9.17) is 0 Å². The van der Waals surface area contributed by atoms with Crippen molar-refractivity contribution in [2.45, 2.75) is 32.1 Å². The maximum absolute atomic E-state index is 12.4. The van der Waals surface area contributed by atoms with Gasteiger partial charge in [0.05, 0.1) is 18.3 Å². The van der Waals surface area contributed by atoms with E-state index in [9.17, 15) is 9.59 Å². The number of likely N-dealkylation sites (tertiary alicyclic amines) is 1. The third-order valence-corrected chi connectivity index (χ3v) is 4.67. The number of anilines is 1. The molecule has 0 radical (unpaired) electrons. The Hall–Kier alpha value is -2.35. The van der Waals surface area contributed by atoms with Gasteiger partial charge in [-0.1, -0.05) is 12.8 Å². The topological polar surface area (TPSA) is 88.1 Å². The van der Waals surface area contributed by atoms with Gasteiger partial charge in [-0.05, 0) is 12.8 Å². The van der Waals surface area contributed by atoms with Crippen molar-refractivity contribution >= 4 is 28.3 Å². The molecule has 7 nitrogen and oxygen atoms in total. The number of carbonyl (C=O) groups is 2. The molecule has 1 saturated heterocycles. The molecular formula is C16H19N5O2S. The van der Waals surface area contributed by atoms with Gasteiger partial charge in [-0.2, -0.15) is 0 Å². The van der Waals surface area contributed by atoms with Crippen molar-refractivity contribution in [3.8, 4) is 0 Å². The van der Waals surface area contributed by atoms with Crippen molar-refractivity contribution in [2.24, 2.45) is 0 Å². The third-order valence-electron chi connectivity index (χ3n) is 3.86. The lowest BCUT2D eigenvalue weighted by molar-refractivity contribution is -0.130. The summed E-state index contributed by atoms with van der Waals surface area (Å²) in [6, 6.07) is 0. The van der Waals surface area contributed by atoms with E-state index in [1.54, 1.807) is 0 Å². The Morgan fingerprint density at radius 1 is 1.17 bits per heavy atom. The van der Waals surface area contributed by atoms with Crippen LogP contribution in [0.4, 0.5) is 5.13 Å². The van der Waals surface area contributed by atoms with Crippen molar-refractivity contribution in [1.82, 2.24) is 19.9 Å². The second kappa shape index (κ2) is 7.96. The molecule has 3 rings (SSSR count). The van der Waals surface area contributed by atoms with Gasteiger partial charge in [-0.15, -0.1) is 11.3 Å². The maximum Gasteiger partial charge on any atom is 0.277 e. The van der Waals surface area contributed by atoms with Crippen LogP contribution >= 0.6 is 11.3 Å². The molecule has 3 heterocycles. The molecular weight excluding hydrogens is 326 g/mol. The van der Waals surface area contributed by atoms with Crippen molar-refractivity contribution in [3.05, 3.63) is 35.4 Å². The van der Waals surface area contributed by atoms with Crippen LogP contribution in [0.2, 0.25) is 0 Å². The number of thiazole rings is 1. The van der Waals surface area contributed by atoms with Crippen molar-refractivity contribution in [3.63, 3.8) is 0 Å². The van der Waals surface area contributed by atoms with Crippen LogP contribution in [0.5, 0.6) is 0 Å². The number of hydrogen-bond acceptors (Lipinski definition) is 6. The largest absolute Gasteiger partial charge is 0.342 e. The van der Waals surface area contributed by atoms with Gasteiger partial charge in [0.25, 0.3) is 5.91 Å². The molecule has 1 aliphatic heterocycles. The minimum Gasteiger partial charge on any atom is -0.342 e. The fraction of sp³-hybridized carbons (Fsp3) is 0.438. The molecule has 0 spiro atoms. The van der Waals surface area contributed by atoms with Crippen molar-refractivity contribution < 1.29 is 9.59 Å². The quantitative estimate of drug-likeness (QED) is 0.917. The van der Waals surface area contributed by atoms with Crippen LogP contribution in [-0.4, -0.2) is 44.8 Å². The van der Waals surface area contributed by atoms with E-state index in [1.807, 2.05) is 10.3 Å². The minimum absolute atomic E-state index is 0.106. The number of rotatable bonds is 4. The molecule has 0 atom stereocenters. The lowest BCUT2D eigenvalue weighted by atomic mass is 10.2. The molecule has 1 N–H and O–H groups in total. The Bertz CT molecular complexity index is 696. The number of hydrogen-bond donors (Lipinski definition) is 1. The molecule has 126 valence electrons. The van der Waals surface area contributed by atoms with Gasteiger partial charge < -0.3 is 4.90 Å². The van der Waals surface area contributed by atoms with Crippen molar-refractivity contribution in [2.75, 3.05) is 18.4 Å². The molecule has 24 heavy (non-hydrogen) atoms. The molecule has 2 amide bonds. The van der Waals surface area contributed by atoms with Crippen LogP contribution in [0.15, 0.2) is 24.0 Å². The zero-order valence-corrected chi connectivity index (χ0v) is 14.1. The van der Waals surface area contributed by atoms with Crippen LogP contribution in [0, 0.1) is 0 Å². The zero-order valence-electron chi connectivity index (χ0n) is 13.3. The van der Waals surface area contributed by atoms with Crippen LogP contribution in [0.3, 0.4) is 0 Å². The minimum atomic E-state index is -0.358. The molecule has 2 aromatic heterocycles. The van der Waals surface area contributed by atoms with Gasteiger partial charge in [0.2, 0.25) is 5.91 Å². The number of nitrogens with zero attached hydrogens (tertiary/aromatic N) is 4. The summed E-state index contributed by atoms with van der Waals surface area (Å²) in [5.74, 6) is -0.253. The Labute approximate surface area is 144 Å². The number of nitrogens with one attached hydrogen (secondary N) is 1. The van der Waals surface area contributed by atoms with Gasteiger partial charge in [-0.25, -0.2) is 9.97 Å². The first-order valence-corrected chi connectivity index (χ1v) is 8.90. The Kier molecular flexibility index (Phi) is 5.47. The summed E-state index contributed by atoms with van der Waals surface area (Å²) in [6.07, 6.45) is 9.17. The summed E-state index contributed by atoms with van der Waals surface area (Å²) in [6.45, 7) is 1.67. The van der Waals surface area contributed by atoms with Gasteiger partial charge in [0, 0.05) is 30.9 Å². The first kappa shape index (κ1) is 16.5. The van der Waals surface area contributed by atoms with Crippen LogP contribution < -0.4 is 5.32 Å². The first-order valence-electron chi connectivity index (χ1n) is 8.02. The summed E-state index contributed by atoms with van der Waals surface area (Å²) < 4.78 is 0. The third kappa shape index (κ3) is 4.35. The fourth-order valence-electron chi connectivity index (χ4n) is 2.61. The second-order valence-corrected chi connectivity index (χ2v) is 6.52. The Morgan fingerprint density at radius 2 is 1.96 bits per heavy atom. The van der Waals surface area contributed by atoms with Gasteiger partial charge in [0.1, 0.15) is 5.69 Å². The Balaban J connectivity index is 1.57. The highest BCUT2D eigenvalue weighted by Gasteiger charge is 2.17. The lowest BCUT2D eigenvalue weighted by Crippen LogP contribution is -2.33. The predicted molar refractivity (Wildman–Crippen MR) is 90.9 cm³/mol. The van der Waals surface area contributed by atoms with E-state index in [0.717, 1.165) is 25.9 Å². The normalized spacial score (nSPS) is 14.9. The van der Waals surface area contributed by atoms with Gasteiger partial charge in [-0.3, -0.25) is 19.9 Å². The number of amides is 2. The standard InChI is InChI=1S/C16H19N5O2S/c22-14(21-7-3-1-2-4-8-21)9-12-11-24-16(19-12)20-15(23)13-10-17-5-6-18-13/h5-6,10-11H,1-4,7-9H2,(H,19,20,23). The zero-order chi connectivity index (χ0) is 16.8. The van der Waals surface area contributed by atoms with Crippen LogP contribution in [-0.2, 0) is 11.2 Å². The Morgan fingerprint density at radius 3 is 2.67 bits per heavy atom. The SMILES string of the molecule is O=C(Nc1nc(CC(=O)N2CCCCCC2)cs1)c1cnccn1. The molecule has 0 aromatic carbocycles. The predicted octanol–water partition coefficient (Wildman–Crippen LogP) is 2.13. The molecule has 2 aromatic rings. The molecule has 0 bridgehead atoms. The van der Waals surface area contributed by atoms with E-state index in [0.29, 0.717) is 10.8 Å². The molecule has 1 fully saturated rings. The average molecular weight is 345 g/mol. The van der Waals surface area contributed by atoms with Gasteiger partial charge >= 0.3 is 0 Å². The average Bonchev–Trinajstić information content (AvgIpc) is 2.86. The summed E-state index contributed by atoms with van der Waals surface area (Å²) in [7, 11) is 0. The van der Waals surface area contributed by atoms with Crippen LogP contribution in [0.1, 0.15) is 41.9 Å². The molecule has 0 aliphatic carbocycles. The highest BCUT2D eigenvalue weighted by Crippen LogP contribution is 2.18. The summed E-state index contributed by atoms with van der Waals surface area (Å²) in [5, 5.41) is 4.95. The van der Waals surface area contributed by atoms with E-state index < -0.39 is 0 Å². The highest BCUT2D eigenvalue weighted by molar-refractivity contribution is 7.14. The highest BCUT2D eigenvalue weighted by atomic mass is 32.1. The van der Waals surface area contributed by atoms with E-state index in [2.05, 4.69) is 20.3 Å². The second-order valence-electron chi connectivity index (χ2n) is 5.66. The summed E-state index contributed by atoms with van der Waals surface area (Å²) in [5.41, 5.74) is 0.915. The number of aromatic nitrogens is 3. The van der Waals surface area contributed by atoms with Crippen LogP contribution in [0.25, 0.3) is 0 Å². The van der Waals surface area contributed by atoms with E-state index in [-0.39, 0.29) is 23.9 Å². The van der Waals surface area contributed by atoms with E-state index >= 15 is 0 Å². The molecule has 0 saturated carbocycles. The molecule has 1 aliphatic rings. The fourth-order valence-corrected chi connectivity index (χ4v) is 3.32. The smallest absolute Gasteiger partial charge is 0.277 e. The first-order chi connectivity index (χ1) is 11.7. The maximum atomic E-state index is 12.4. The summed E-state index contributed by atoms with van der Waals surface area (Å²) in [4.78, 5) is 38.4.